The fourth-order valence-electron chi connectivity index (χ4n) is 4.95. The number of nitrogens with zero attached hydrogens (tertiary/aromatic N) is 1. The number of likely N-dealkylation sites (N-methyl/N-ethyl adjacent to an activating group) is 1. The number of nitrogens with one attached hydrogen (secondary N) is 1. The standard InChI is InChI=1S/C34H71N2O5PS/c1-6-8-10-12-14-15-16-17-18-19-20-22-24-26-30-43-32-33(31-41-42(38,39)40-29-28-36(3,4)5)35-34(37)27-25-23-21-13-11-9-7-2/h33H,6-32H2,1-5H3,(H-,35,37,38,39)/p+1/t33-/m0/s1. The van der Waals surface area contributed by atoms with Crippen molar-refractivity contribution in [2.24, 2.45) is 0 Å². The number of thioether (sulfide) groups is 1. The van der Waals surface area contributed by atoms with Crippen molar-refractivity contribution in [2.75, 3.05) is 52.4 Å². The monoisotopic (exact) mass is 651 g/mol. The third-order valence-electron chi connectivity index (χ3n) is 7.79. The third-order valence-corrected chi connectivity index (χ3v) is 9.99. The fraction of sp³-hybridized carbons (Fsp3) is 0.971. The van der Waals surface area contributed by atoms with Crippen LogP contribution in [0.2, 0.25) is 0 Å². The fourth-order valence-corrected chi connectivity index (χ4v) is 6.74. The minimum atomic E-state index is -4.16. The van der Waals surface area contributed by atoms with Crippen molar-refractivity contribution in [3.05, 3.63) is 0 Å². The van der Waals surface area contributed by atoms with Crippen molar-refractivity contribution in [1.82, 2.24) is 5.32 Å². The highest BCUT2D eigenvalue weighted by molar-refractivity contribution is 7.99. The zero-order chi connectivity index (χ0) is 32.1. The number of quaternary nitrogens is 1. The van der Waals surface area contributed by atoms with Gasteiger partial charge in [0.1, 0.15) is 13.2 Å². The van der Waals surface area contributed by atoms with Gasteiger partial charge in [-0.1, -0.05) is 136 Å². The highest BCUT2D eigenvalue weighted by Gasteiger charge is 2.25. The lowest BCUT2D eigenvalue weighted by atomic mass is 10.0. The predicted molar refractivity (Wildman–Crippen MR) is 187 cm³/mol. The molecule has 0 radical (unpaired) electrons. The predicted octanol–water partition coefficient (Wildman–Crippen LogP) is 9.67. The number of amides is 1. The van der Waals surface area contributed by atoms with Gasteiger partial charge in [-0.3, -0.25) is 13.8 Å². The van der Waals surface area contributed by atoms with Crippen LogP contribution in [0.4, 0.5) is 0 Å². The van der Waals surface area contributed by atoms with Crippen molar-refractivity contribution in [3.8, 4) is 0 Å². The molecule has 7 nitrogen and oxygen atoms in total. The van der Waals surface area contributed by atoms with Crippen LogP contribution in [0.25, 0.3) is 0 Å². The second-order valence-electron chi connectivity index (χ2n) is 13.4. The third kappa shape index (κ3) is 33.1. The Balaban J connectivity index is 4.23. The summed E-state index contributed by atoms with van der Waals surface area (Å²) in [4.78, 5) is 22.8. The molecule has 258 valence electrons. The Labute approximate surface area is 271 Å². The minimum absolute atomic E-state index is 0.00188. The molecule has 43 heavy (non-hydrogen) atoms. The number of carbonyl (C=O) groups excluding carboxylic acids is 1. The van der Waals surface area contributed by atoms with Crippen molar-refractivity contribution in [1.29, 1.82) is 0 Å². The molecule has 0 fully saturated rings. The number of phosphoric acid groups is 1. The van der Waals surface area contributed by atoms with E-state index in [1.54, 1.807) is 11.8 Å². The number of hydrogen-bond acceptors (Lipinski definition) is 5. The van der Waals surface area contributed by atoms with Gasteiger partial charge < -0.3 is 14.7 Å². The first-order chi connectivity index (χ1) is 20.6. The van der Waals surface area contributed by atoms with Gasteiger partial charge >= 0.3 is 7.82 Å². The first-order valence-electron chi connectivity index (χ1n) is 17.9. The van der Waals surface area contributed by atoms with Gasteiger partial charge in [-0.2, -0.15) is 11.8 Å². The maximum absolute atomic E-state index is 12.6. The smallest absolute Gasteiger partial charge is 0.350 e. The molecule has 1 unspecified atom stereocenters. The van der Waals surface area contributed by atoms with E-state index in [4.69, 9.17) is 9.05 Å². The lowest BCUT2D eigenvalue weighted by molar-refractivity contribution is -0.870. The summed E-state index contributed by atoms with van der Waals surface area (Å²) in [5.74, 6) is 1.69. The molecule has 1 amide bonds. The van der Waals surface area contributed by atoms with Crippen LogP contribution in [0.3, 0.4) is 0 Å². The summed E-state index contributed by atoms with van der Waals surface area (Å²) in [6.07, 6.45) is 27.5. The maximum atomic E-state index is 12.6. The number of rotatable bonds is 33. The molecule has 0 aromatic rings. The summed E-state index contributed by atoms with van der Waals surface area (Å²) in [5, 5.41) is 3.06. The number of phosphoric ester groups is 1. The quantitative estimate of drug-likeness (QED) is 0.0418. The van der Waals surface area contributed by atoms with E-state index in [1.807, 2.05) is 21.1 Å². The van der Waals surface area contributed by atoms with Crippen LogP contribution >= 0.6 is 19.6 Å². The topological polar surface area (TPSA) is 84.9 Å². The number of unbranched alkanes of at least 4 members (excludes halogenated alkanes) is 19. The summed E-state index contributed by atoms with van der Waals surface area (Å²) in [6, 6.07) is -0.309. The summed E-state index contributed by atoms with van der Waals surface area (Å²) >= 11 is 1.79. The molecule has 0 aromatic heterocycles. The van der Waals surface area contributed by atoms with Gasteiger partial charge in [-0.15, -0.1) is 0 Å². The van der Waals surface area contributed by atoms with E-state index in [2.05, 4.69) is 19.2 Å². The molecule has 2 N–H and O–H groups in total. The second kappa shape index (κ2) is 29.3. The van der Waals surface area contributed by atoms with E-state index in [-0.39, 0.29) is 25.2 Å². The van der Waals surface area contributed by atoms with E-state index < -0.39 is 7.82 Å². The highest BCUT2D eigenvalue weighted by Crippen LogP contribution is 2.43. The summed E-state index contributed by atoms with van der Waals surface area (Å²) < 4.78 is 23.5. The van der Waals surface area contributed by atoms with Gasteiger partial charge in [0.2, 0.25) is 5.91 Å². The Hall–Kier alpha value is -0.110. The van der Waals surface area contributed by atoms with Crippen LogP contribution in [0.15, 0.2) is 0 Å². The average molecular weight is 652 g/mol. The average Bonchev–Trinajstić information content (AvgIpc) is 2.94. The lowest BCUT2D eigenvalue weighted by Gasteiger charge is -2.24. The highest BCUT2D eigenvalue weighted by atomic mass is 32.2. The van der Waals surface area contributed by atoms with E-state index in [0.717, 1.165) is 25.0 Å². The Morgan fingerprint density at radius 1 is 0.721 bits per heavy atom. The summed E-state index contributed by atoms with van der Waals surface area (Å²) in [5.41, 5.74) is 0. The van der Waals surface area contributed by atoms with Crippen molar-refractivity contribution >= 4 is 25.5 Å². The molecule has 0 rings (SSSR count). The van der Waals surface area contributed by atoms with Crippen LogP contribution in [0.1, 0.15) is 155 Å². The van der Waals surface area contributed by atoms with Crippen LogP contribution in [0.5, 0.6) is 0 Å². The largest absolute Gasteiger partial charge is 0.472 e. The number of carbonyl (C=O) groups is 1. The molecular weight excluding hydrogens is 579 g/mol. The molecule has 0 aliphatic carbocycles. The molecular formula is C34H72N2O5PS+. The van der Waals surface area contributed by atoms with E-state index in [0.29, 0.717) is 23.2 Å². The van der Waals surface area contributed by atoms with Gasteiger partial charge in [0, 0.05) is 12.2 Å². The summed E-state index contributed by atoms with van der Waals surface area (Å²) in [6.45, 7) is 5.21. The van der Waals surface area contributed by atoms with Crippen molar-refractivity contribution in [3.63, 3.8) is 0 Å². The lowest BCUT2D eigenvalue weighted by Crippen LogP contribution is -2.40. The molecule has 9 heteroatoms. The molecule has 0 aliphatic rings. The van der Waals surface area contributed by atoms with Crippen LogP contribution < -0.4 is 5.32 Å². The molecule has 0 aliphatic heterocycles. The molecule has 2 atom stereocenters. The summed E-state index contributed by atoms with van der Waals surface area (Å²) in [7, 11) is 1.83. The zero-order valence-electron chi connectivity index (χ0n) is 29.1. The van der Waals surface area contributed by atoms with Crippen LogP contribution in [0, 0.1) is 0 Å². The maximum Gasteiger partial charge on any atom is 0.472 e. The van der Waals surface area contributed by atoms with E-state index >= 15 is 0 Å². The van der Waals surface area contributed by atoms with Crippen molar-refractivity contribution in [2.45, 2.75) is 161 Å². The molecule has 0 heterocycles. The van der Waals surface area contributed by atoms with E-state index in [1.165, 1.54) is 116 Å². The van der Waals surface area contributed by atoms with E-state index in [9.17, 15) is 14.3 Å². The normalized spacial score (nSPS) is 14.1. The molecule has 0 bridgehead atoms. The first kappa shape index (κ1) is 42.9. The number of hydrogen-bond donors (Lipinski definition) is 2. The Morgan fingerprint density at radius 2 is 1.16 bits per heavy atom. The van der Waals surface area contributed by atoms with Gasteiger partial charge in [0.05, 0.1) is 33.8 Å². The van der Waals surface area contributed by atoms with Crippen LogP contribution in [-0.4, -0.2) is 73.7 Å². The Kier molecular flexibility index (Phi) is 29.2. The van der Waals surface area contributed by atoms with Gasteiger partial charge in [0.25, 0.3) is 0 Å². The van der Waals surface area contributed by atoms with Gasteiger partial charge in [-0.05, 0) is 18.6 Å². The minimum Gasteiger partial charge on any atom is -0.350 e. The Morgan fingerprint density at radius 3 is 1.63 bits per heavy atom. The zero-order valence-corrected chi connectivity index (χ0v) is 30.8. The van der Waals surface area contributed by atoms with Gasteiger partial charge in [0.15, 0.2) is 0 Å². The van der Waals surface area contributed by atoms with Crippen LogP contribution in [-0.2, 0) is 18.4 Å². The van der Waals surface area contributed by atoms with Gasteiger partial charge in [-0.25, -0.2) is 4.57 Å². The SMILES string of the molecule is CCCCCCCCCCCCCCCCSC[C@H](COP(=O)(O)OCC[N+](C)(C)C)NC(=O)CCCCCCCCC. The van der Waals surface area contributed by atoms with Crippen molar-refractivity contribution < 1.29 is 27.8 Å². The molecule has 0 saturated carbocycles. The molecule has 0 saturated heterocycles. The molecule has 0 aromatic carbocycles. The first-order valence-corrected chi connectivity index (χ1v) is 20.5. The molecule has 0 spiro atoms. The second-order valence-corrected chi connectivity index (χ2v) is 16.0. The Bertz CT molecular complexity index is 678.